The van der Waals surface area contributed by atoms with E-state index in [0.717, 1.165) is 38.2 Å². The molecule has 3 rings (SSSR count). The van der Waals surface area contributed by atoms with Gasteiger partial charge in [-0.3, -0.25) is 4.79 Å². The van der Waals surface area contributed by atoms with Crippen molar-refractivity contribution < 1.29 is 23.0 Å². The van der Waals surface area contributed by atoms with Crippen LogP contribution in [0.1, 0.15) is 42.5 Å². The van der Waals surface area contributed by atoms with Crippen LogP contribution in [0.15, 0.2) is 12.1 Å². The van der Waals surface area contributed by atoms with Crippen molar-refractivity contribution in [3.8, 4) is 5.75 Å². The van der Waals surface area contributed by atoms with E-state index in [-0.39, 0.29) is 22.8 Å². The fourth-order valence-corrected chi connectivity index (χ4v) is 4.34. The van der Waals surface area contributed by atoms with Crippen LogP contribution in [-0.2, 0) is 4.74 Å². The fourth-order valence-electron chi connectivity index (χ4n) is 4.34. The molecule has 1 aromatic rings. The molecule has 0 radical (unpaired) electrons. The second kappa shape index (κ2) is 6.67. The first kappa shape index (κ1) is 17.1. The number of hydrogen-bond acceptors (Lipinski definition) is 3. The molecule has 132 valence electrons. The van der Waals surface area contributed by atoms with Gasteiger partial charge in [-0.1, -0.05) is 6.42 Å². The molecule has 1 aromatic carbocycles. The van der Waals surface area contributed by atoms with Crippen molar-refractivity contribution in [3.63, 3.8) is 0 Å². The Bertz CT molecular complexity index is 637. The summed E-state index contributed by atoms with van der Waals surface area (Å²) < 4.78 is 38.6. The molecule has 1 saturated carbocycles. The highest BCUT2D eigenvalue weighted by Crippen LogP contribution is 2.46. The summed E-state index contributed by atoms with van der Waals surface area (Å²) in [6.07, 6.45) is 5.00. The van der Waals surface area contributed by atoms with Crippen molar-refractivity contribution in [1.82, 2.24) is 4.90 Å². The average molecular weight is 339 g/mol. The molecule has 1 saturated heterocycles. The summed E-state index contributed by atoms with van der Waals surface area (Å²) in [7, 11) is 3.05. The highest BCUT2D eigenvalue weighted by molar-refractivity contribution is 5.97. The summed E-state index contributed by atoms with van der Waals surface area (Å²) in [5.74, 6) is -2.63. The van der Waals surface area contributed by atoms with E-state index in [2.05, 4.69) is 0 Å². The first-order chi connectivity index (χ1) is 11.5. The van der Waals surface area contributed by atoms with E-state index in [4.69, 9.17) is 9.47 Å². The van der Waals surface area contributed by atoms with Crippen molar-refractivity contribution in [2.45, 2.75) is 38.2 Å². The minimum atomic E-state index is -1.14. The number of methoxy groups -OCH3 is 2. The van der Waals surface area contributed by atoms with Crippen molar-refractivity contribution in [1.29, 1.82) is 0 Å². The average Bonchev–Trinajstić information content (AvgIpc) is 2.98. The normalized spacial score (nSPS) is 26.8. The molecule has 2 atom stereocenters. The zero-order valence-electron chi connectivity index (χ0n) is 14.1. The zero-order chi connectivity index (χ0) is 17.3. The molecule has 24 heavy (non-hydrogen) atoms. The number of benzene rings is 1. The van der Waals surface area contributed by atoms with Gasteiger partial charge in [-0.05, 0) is 37.8 Å². The van der Waals surface area contributed by atoms with Crippen LogP contribution in [0.5, 0.6) is 5.75 Å². The van der Waals surface area contributed by atoms with E-state index < -0.39 is 17.5 Å². The molecule has 1 heterocycles. The van der Waals surface area contributed by atoms with Gasteiger partial charge in [0.15, 0.2) is 11.6 Å². The largest absolute Gasteiger partial charge is 0.496 e. The van der Waals surface area contributed by atoms with Crippen molar-refractivity contribution >= 4 is 5.91 Å². The molecular weight excluding hydrogens is 316 g/mol. The minimum absolute atomic E-state index is 0.0632. The van der Waals surface area contributed by atoms with Gasteiger partial charge in [-0.15, -0.1) is 0 Å². The number of hydrogen-bond donors (Lipinski definition) is 0. The summed E-state index contributed by atoms with van der Waals surface area (Å²) >= 11 is 0. The maximum Gasteiger partial charge on any atom is 0.260 e. The van der Waals surface area contributed by atoms with Gasteiger partial charge in [0.05, 0.1) is 13.2 Å². The summed E-state index contributed by atoms with van der Waals surface area (Å²) in [5, 5.41) is 0. The molecule has 4 nitrogen and oxygen atoms in total. The molecule has 1 aliphatic heterocycles. The molecule has 6 heteroatoms. The molecule has 0 N–H and O–H groups in total. The molecule has 1 spiro atoms. The summed E-state index contributed by atoms with van der Waals surface area (Å²) in [5.41, 5.74) is -0.388. The third-order valence-electron chi connectivity index (χ3n) is 5.49. The number of nitrogens with zero attached hydrogens (tertiary/aromatic N) is 1. The topological polar surface area (TPSA) is 38.8 Å². The highest BCUT2D eigenvalue weighted by atomic mass is 19.2. The monoisotopic (exact) mass is 339 g/mol. The Morgan fingerprint density at radius 2 is 2.00 bits per heavy atom. The Morgan fingerprint density at radius 1 is 1.25 bits per heavy atom. The van der Waals surface area contributed by atoms with Gasteiger partial charge in [0.1, 0.15) is 11.3 Å². The Hall–Kier alpha value is -1.69. The summed E-state index contributed by atoms with van der Waals surface area (Å²) in [4.78, 5) is 14.5. The maximum atomic E-state index is 14.2. The van der Waals surface area contributed by atoms with E-state index in [9.17, 15) is 13.6 Å². The minimum Gasteiger partial charge on any atom is -0.496 e. The number of likely N-dealkylation sites (tertiary alicyclic amines) is 1. The van der Waals surface area contributed by atoms with Crippen LogP contribution in [0, 0.1) is 17.0 Å². The zero-order valence-corrected chi connectivity index (χ0v) is 14.1. The lowest BCUT2D eigenvalue weighted by Gasteiger charge is -2.43. The number of ether oxygens (including phenoxy) is 2. The van der Waals surface area contributed by atoms with E-state index >= 15 is 0 Å². The smallest absolute Gasteiger partial charge is 0.260 e. The molecule has 0 unspecified atom stereocenters. The molecule has 0 bridgehead atoms. The summed E-state index contributed by atoms with van der Waals surface area (Å²) in [6, 6.07) is 2.26. The number of carbonyl (C=O) groups excluding carboxylic acids is 1. The van der Waals surface area contributed by atoms with Gasteiger partial charge in [0, 0.05) is 25.6 Å². The lowest BCUT2D eigenvalue weighted by molar-refractivity contribution is -0.0297. The predicted octanol–water partition coefficient (Wildman–Crippen LogP) is 3.39. The number of rotatable bonds is 3. The predicted molar refractivity (Wildman–Crippen MR) is 85.1 cm³/mol. The van der Waals surface area contributed by atoms with Crippen LogP contribution in [0.3, 0.4) is 0 Å². The van der Waals surface area contributed by atoms with Gasteiger partial charge < -0.3 is 14.4 Å². The van der Waals surface area contributed by atoms with E-state index in [1.165, 1.54) is 13.2 Å². The Labute approximate surface area is 140 Å². The lowest BCUT2D eigenvalue weighted by Crippen LogP contribution is -2.50. The van der Waals surface area contributed by atoms with Crippen LogP contribution in [0.4, 0.5) is 8.78 Å². The second-order valence-electron chi connectivity index (χ2n) is 6.75. The van der Waals surface area contributed by atoms with Crippen molar-refractivity contribution in [2.75, 3.05) is 27.3 Å². The number of piperidine rings is 1. The second-order valence-corrected chi connectivity index (χ2v) is 6.75. The Kier molecular flexibility index (Phi) is 4.76. The van der Waals surface area contributed by atoms with Crippen LogP contribution in [0.2, 0.25) is 0 Å². The number of halogens is 2. The van der Waals surface area contributed by atoms with Crippen LogP contribution < -0.4 is 4.74 Å². The maximum absolute atomic E-state index is 14.2. The van der Waals surface area contributed by atoms with Gasteiger partial charge in [0.2, 0.25) is 0 Å². The van der Waals surface area contributed by atoms with Gasteiger partial charge in [-0.2, -0.15) is 0 Å². The molecule has 1 amide bonds. The lowest BCUT2D eigenvalue weighted by atomic mass is 9.76. The fraction of sp³-hybridized carbons (Fsp3) is 0.611. The van der Waals surface area contributed by atoms with Gasteiger partial charge in [-0.25, -0.2) is 8.78 Å². The first-order valence-electron chi connectivity index (χ1n) is 8.36. The molecule has 1 aliphatic carbocycles. The van der Waals surface area contributed by atoms with E-state index in [1.807, 2.05) is 0 Å². The van der Waals surface area contributed by atoms with Gasteiger partial charge in [0.25, 0.3) is 5.91 Å². The Morgan fingerprint density at radius 3 is 2.71 bits per heavy atom. The standard InChI is InChI=1S/C18H23F2NO3/c1-23-13-7-6-12(19)16(20)15(13)17(22)21-10-4-9-18(11-21)8-3-5-14(18)24-2/h6-7,14H,3-5,8-11H2,1-2H3/t14-,18-/m1/s1. The third-order valence-corrected chi connectivity index (χ3v) is 5.49. The van der Waals surface area contributed by atoms with E-state index in [1.54, 1.807) is 12.0 Å². The molecule has 2 fully saturated rings. The van der Waals surface area contributed by atoms with E-state index in [0.29, 0.717) is 13.1 Å². The molecule has 2 aliphatic rings. The SMILES string of the molecule is COc1ccc(F)c(F)c1C(=O)N1CCC[C@]2(CCC[C@H]2OC)C1. The van der Waals surface area contributed by atoms with Crippen LogP contribution in [-0.4, -0.2) is 44.2 Å². The van der Waals surface area contributed by atoms with Gasteiger partial charge >= 0.3 is 0 Å². The highest BCUT2D eigenvalue weighted by Gasteiger charge is 2.47. The number of carbonyl (C=O) groups is 1. The third kappa shape index (κ3) is 2.77. The number of amides is 1. The summed E-state index contributed by atoms with van der Waals surface area (Å²) in [6.45, 7) is 1.06. The molecular formula is C18H23F2NO3. The van der Waals surface area contributed by atoms with Crippen molar-refractivity contribution in [3.05, 3.63) is 29.3 Å². The first-order valence-corrected chi connectivity index (χ1v) is 8.36. The quantitative estimate of drug-likeness (QED) is 0.847. The molecule has 0 aromatic heterocycles. The Balaban J connectivity index is 1.89. The van der Waals surface area contributed by atoms with Crippen molar-refractivity contribution in [2.24, 2.45) is 5.41 Å². The van der Waals surface area contributed by atoms with Crippen LogP contribution in [0.25, 0.3) is 0 Å². The van der Waals surface area contributed by atoms with Crippen LogP contribution >= 0.6 is 0 Å².